The Hall–Kier alpha value is -1.02. The van der Waals surface area contributed by atoms with E-state index in [4.69, 9.17) is 0 Å². The monoisotopic (exact) mass is 192 g/mol. The molecular weight excluding hydrogens is 172 g/mol. The van der Waals surface area contributed by atoms with E-state index in [0.29, 0.717) is 5.41 Å². The molecule has 1 fully saturated rings. The van der Waals surface area contributed by atoms with Crippen molar-refractivity contribution >= 4 is 0 Å². The Labute approximate surface area is 86.6 Å². The predicted molar refractivity (Wildman–Crippen MR) is 61.8 cm³/mol. The van der Waals surface area contributed by atoms with Gasteiger partial charge in [-0.3, -0.25) is 0 Å². The maximum Gasteiger partial charge on any atom is 0.0373 e. The molecule has 1 heterocycles. The summed E-state index contributed by atoms with van der Waals surface area (Å²) in [5.74, 6) is 0. The minimum Gasteiger partial charge on any atom is -0.384 e. The van der Waals surface area contributed by atoms with Crippen LogP contribution in [0.15, 0.2) is 36.6 Å². The summed E-state index contributed by atoms with van der Waals surface area (Å²) in [4.78, 5) is 0. The molecule has 0 aromatic rings. The SMILES string of the molecule is C=CC1=C(C=C)C2(CCC2)CN1.CN. The van der Waals surface area contributed by atoms with Crippen molar-refractivity contribution in [3.63, 3.8) is 0 Å². The molecule has 14 heavy (non-hydrogen) atoms. The van der Waals surface area contributed by atoms with Crippen molar-refractivity contribution in [2.24, 2.45) is 11.1 Å². The van der Waals surface area contributed by atoms with E-state index in [9.17, 15) is 0 Å². The van der Waals surface area contributed by atoms with Crippen molar-refractivity contribution in [2.75, 3.05) is 13.6 Å². The van der Waals surface area contributed by atoms with E-state index in [2.05, 4.69) is 24.2 Å². The topological polar surface area (TPSA) is 38.0 Å². The van der Waals surface area contributed by atoms with Crippen LogP contribution >= 0.6 is 0 Å². The molecule has 3 N–H and O–H groups in total. The number of hydrogen-bond donors (Lipinski definition) is 2. The van der Waals surface area contributed by atoms with E-state index < -0.39 is 0 Å². The fourth-order valence-electron chi connectivity index (χ4n) is 2.30. The molecule has 2 rings (SSSR count). The molecule has 0 amide bonds. The third kappa shape index (κ3) is 1.50. The summed E-state index contributed by atoms with van der Waals surface area (Å²) in [6.45, 7) is 8.76. The zero-order valence-corrected chi connectivity index (χ0v) is 8.97. The first-order valence-electron chi connectivity index (χ1n) is 5.14. The zero-order valence-electron chi connectivity index (χ0n) is 8.97. The second-order valence-electron chi connectivity index (χ2n) is 3.72. The van der Waals surface area contributed by atoms with Gasteiger partial charge in [0.15, 0.2) is 0 Å². The summed E-state index contributed by atoms with van der Waals surface area (Å²) in [5, 5.41) is 3.39. The number of nitrogens with two attached hydrogens (primary N) is 1. The van der Waals surface area contributed by atoms with Crippen LogP contribution in [0.3, 0.4) is 0 Å². The van der Waals surface area contributed by atoms with Crippen molar-refractivity contribution in [1.29, 1.82) is 0 Å². The van der Waals surface area contributed by atoms with E-state index in [-0.39, 0.29) is 0 Å². The molecule has 1 saturated carbocycles. The summed E-state index contributed by atoms with van der Waals surface area (Å²) in [6, 6.07) is 0. The maximum atomic E-state index is 4.50. The number of nitrogens with one attached hydrogen (secondary N) is 1. The van der Waals surface area contributed by atoms with Crippen LogP contribution in [0.25, 0.3) is 0 Å². The molecule has 2 aliphatic rings. The number of rotatable bonds is 2. The average Bonchev–Trinajstić information content (AvgIpc) is 2.58. The van der Waals surface area contributed by atoms with Crippen LogP contribution in [0.5, 0.6) is 0 Å². The normalized spacial score (nSPS) is 21.9. The second kappa shape index (κ2) is 4.47. The highest BCUT2D eigenvalue weighted by Gasteiger charge is 2.43. The molecule has 2 heteroatoms. The van der Waals surface area contributed by atoms with Crippen molar-refractivity contribution in [3.05, 3.63) is 36.6 Å². The highest BCUT2D eigenvalue weighted by atomic mass is 14.9. The van der Waals surface area contributed by atoms with Gasteiger partial charge in [-0.25, -0.2) is 0 Å². The molecule has 0 bridgehead atoms. The highest BCUT2D eigenvalue weighted by Crippen LogP contribution is 2.50. The number of hydrogen-bond acceptors (Lipinski definition) is 2. The van der Waals surface area contributed by atoms with E-state index in [1.165, 1.54) is 37.6 Å². The van der Waals surface area contributed by atoms with Gasteiger partial charge in [0.05, 0.1) is 0 Å². The van der Waals surface area contributed by atoms with E-state index in [0.717, 1.165) is 6.54 Å². The minimum absolute atomic E-state index is 0.436. The average molecular weight is 192 g/mol. The number of allylic oxidation sites excluding steroid dienone is 2. The van der Waals surface area contributed by atoms with Crippen LogP contribution in [0, 0.1) is 5.41 Å². The molecule has 2 nitrogen and oxygen atoms in total. The van der Waals surface area contributed by atoms with Crippen molar-refractivity contribution in [1.82, 2.24) is 5.32 Å². The van der Waals surface area contributed by atoms with Gasteiger partial charge < -0.3 is 11.1 Å². The molecule has 0 radical (unpaired) electrons. The Morgan fingerprint density at radius 3 is 2.29 bits per heavy atom. The summed E-state index contributed by atoms with van der Waals surface area (Å²) in [5.41, 5.74) is 7.53. The lowest BCUT2D eigenvalue weighted by atomic mass is 9.65. The van der Waals surface area contributed by atoms with E-state index in [1.807, 2.05) is 12.2 Å². The standard InChI is InChI=1S/C11H15N.CH5N/c1-3-9-10(4-2)12-8-11(9)6-5-7-11;1-2/h3-4,12H,1-2,5-8H2;2H2,1H3. The Balaban J connectivity index is 0.000000461. The third-order valence-corrected chi connectivity index (χ3v) is 3.20. The summed E-state index contributed by atoms with van der Waals surface area (Å²) in [6.07, 6.45) is 7.90. The van der Waals surface area contributed by atoms with Crippen molar-refractivity contribution in [2.45, 2.75) is 19.3 Å². The quantitative estimate of drug-likeness (QED) is 0.702. The molecule has 1 spiro atoms. The van der Waals surface area contributed by atoms with E-state index >= 15 is 0 Å². The maximum absolute atomic E-state index is 4.50. The van der Waals surface area contributed by atoms with Crippen LogP contribution in [-0.4, -0.2) is 13.6 Å². The lowest BCUT2D eigenvalue weighted by Gasteiger charge is -2.39. The lowest BCUT2D eigenvalue weighted by molar-refractivity contribution is 0.207. The molecule has 0 atom stereocenters. The summed E-state index contributed by atoms with van der Waals surface area (Å²) < 4.78 is 0. The van der Waals surface area contributed by atoms with Crippen LogP contribution in [-0.2, 0) is 0 Å². The van der Waals surface area contributed by atoms with Crippen LogP contribution in [0.1, 0.15) is 19.3 Å². The highest BCUT2D eigenvalue weighted by molar-refractivity contribution is 5.41. The Morgan fingerprint density at radius 2 is 1.93 bits per heavy atom. The molecule has 0 aromatic carbocycles. The van der Waals surface area contributed by atoms with Gasteiger partial charge in [-0.15, -0.1) is 0 Å². The molecule has 0 saturated heterocycles. The molecular formula is C12H20N2. The molecule has 1 aliphatic carbocycles. The van der Waals surface area contributed by atoms with Gasteiger partial charge >= 0.3 is 0 Å². The first-order chi connectivity index (χ1) is 6.82. The Bertz CT molecular complexity index is 259. The van der Waals surface area contributed by atoms with Gasteiger partial charge in [0.2, 0.25) is 0 Å². The van der Waals surface area contributed by atoms with Gasteiger partial charge in [0.1, 0.15) is 0 Å². The van der Waals surface area contributed by atoms with Gasteiger partial charge in [-0.05, 0) is 31.5 Å². The molecule has 0 aromatic heterocycles. The van der Waals surface area contributed by atoms with Crippen LogP contribution in [0.2, 0.25) is 0 Å². The summed E-state index contributed by atoms with van der Waals surface area (Å²) in [7, 11) is 1.50. The van der Waals surface area contributed by atoms with E-state index in [1.54, 1.807) is 0 Å². The second-order valence-corrected chi connectivity index (χ2v) is 3.72. The van der Waals surface area contributed by atoms with Crippen LogP contribution < -0.4 is 11.1 Å². The first-order valence-corrected chi connectivity index (χ1v) is 5.14. The fourth-order valence-corrected chi connectivity index (χ4v) is 2.30. The molecule has 1 aliphatic heterocycles. The lowest BCUT2D eigenvalue weighted by Crippen LogP contribution is -2.34. The molecule has 78 valence electrons. The third-order valence-electron chi connectivity index (χ3n) is 3.20. The van der Waals surface area contributed by atoms with Crippen molar-refractivity contribution < 1.29 is 0 Å². The first kappa shape index (κ1) is 11.1. The van der Waals surface area contributed by atoms with Gasteiger partial charge in [-0.2, -0.15) is 0 Å². The largest absolute Gasteiger partial charge is 0.384 e. The van der Waals surface area contributed by atoms with Crippen LogP contribution in [0.4, 0.5) is 0 Å². The smallest absolute Gasteiger partial charge is 0.0373 e. The Kier molecular flexibility index (Phi) is 3.53. The predicted octanol–water partition coefficient (Wildman–Crippen LogP) is 1.96. The zero-order chi connectivity index (χ0) is 10.6. The minimum atomic E-state index is 0.436. The summed E-state index contributed by atoms with van der Waals surface area (Å²) >= 11 is 0. The fraction of sp³-hybridized carbons (Fsp3) is 0.500. The molecule has 0 unspecified atom stereocenters. The van der Waals surface area contributed by atoms with Crippen molar-refractivity contribution in [3.8, 4) is 0 Å². The van der Waals surface area contributed by atoms with Gasteiger partial charge in [0, 0.05) is 17.7 Å². The Morgan fingerprint density at radius 1 is 1.29 bits per heavy atom. The van der Waals surface area contributed by atoms with Gasteiger partial charge in [-0.1, -0.05) is 25.7 Å². The van der Waals surface area contributed by atoms with Gasteiger partial charge in [0.25, 0.3) is 0 Å².